The number of nitrogens with zero attached hydrogens (tertiary/aromatic N) is 4. The lowest BCUT2D eigenvalue weighted by atomic mass is 9.85. The molecule has 0 aliphatic heterocycles. The highest BCUT2D eigenvalue weighted by atomic mass is 127. The lowest BCUT2D eigenvalue weighted by Gasteiger charge is -2.30. The van der Waals surface area contributed by atoms with Crippen molar-refractivity contribution in [1.29, 1.82) is 0 Å². The van der Waals surface area contributed by atoms with Gasteiger partial charge in [-0.15, -0.1) is 24.0 Å². The third kappa shape index (κ3) is 5.37. The smallest absolute Gasteiger partial charge is 0.230 e. The summed E-state index contributed by atoms with van der Waals surface area (Å²) in [4.78, 5) is 21.4. The molecule has 0 aromatic carbocycles. The Morgan fingerprint density at radius 3 is 2.46 bits per heavy atom. The maximum Gasteiger partial charge on any atom is 0.230 e. The van der Waals surface area contributed by atoms with Crippen molar-refractivity contribution in [1.82, 2.24) is 19.7 Å². The van der Waals surface area contributed by atoms with Crippen molar-refractivity contribution >= 4 is 35.8 Å². The third-order valence-corrected chi connectivity index (χ3v) is 5.10. The predicted octanol–water partition coefficient (Wildman–Crippen LogP) is 2.69. The maximum atomic E-state index is 12.7. The molecular formula is C19H34IN5O. The van der Waals surface area contributed by atoms with Crippen LogP contribution in [-0.4, -0.2) is 60.5 Å². The number of carbonyl (C=O) groups is 1. The summed E-state index contributed by atoms with van der Waals surface area (Å²) in [6, 6.07) is 4.17. The Kier molecular flexibility index (Phi) is 8.92. The van der Waals surface area contributed by atoms with Crippen molar-refractivity contribution in [2.45, 2.75) is 39.2 Å². The van der Waals surface area contributed by atoms with Gasteiger partial charge in [0.05, 0.1) is 18.5 Å². The molecule has 1 aliphatic carbocycles. The summed E-state index contributed by atoms with van der Waals surface area (Å²) in [7, 11) is 7.79. The Hall–Kier alpha value is -1.25. The lowest BCUT2D eigenvalue weighted by molar-refractivity contribution is -0.138. The van der Waals surface area contributed by atoms with Crippen molar-refractivity contribution in [3.8, 4) is 0 Å². The average molecular weight is 475 g/mol. The molecule has 1 aliphatic rings. The van der Waals surface area contributed by atoms with Crippen LogP contribution >= 0.6 is 24.0 Å². The van der Waals surface area contributed by atoms with E-state index >= 15 is 0 Å². The zero-order chi connectivity index (χ0) is 18.4. The highest BCUT2D eigenvalue weighted by Gasteiger charge is 2.42. The highest BCUT2D eigenvalue weighted by Crippen LogP contribution is 2.39. The second-order valence-electron chi connectivity index (χ2n) is 7.32. The van der Waals surface area contributed by atoms with Crippen LogP contribution in [0.25, 0.3) is 0 Å². The summed E-state index contributed by atoms with van der Waals surface area (Å²) in [5, 5.41) is 3.37. The number of aliphatic imine (C=N–C) groups is 1. The molecule has 1 aromatic heterocycles. The van der Waals surface area contributed by atoms with Gasteiger partial charge in [-0.25, -0.2) is 0 Å². The summed E-state index contributed by atoms with van der Waals surface area (Å²) >= 11 is 0. The van der Waals surface area contributed by atoms with E-state index in [-0.39, 0.29) is 35.3 Å². The van der Waals surface area contributed by atoms with Gasteiger partial charge in [0.2, 0.25) is 5.91 Å². The molecule has 0 radical (unpaired) electrons. The zero-order valence-electron chi connectivity index (χ0n) is 16.8. The number of amides is 1. The minimum atomic E-state index is -0.323. The number of aromatic nitrogens is 1. The Morgan fingerprint density at radius 1 is 1.31 bits per heavy atom. The van der Waals surface area contributed by atoms with Gasteiger partial charge in [0.1, 0.15) is 0 Å². The number of hydrogen-bond donors (Lipinski definition) is 1. The normalized spacial score (nSPS) is 16.1. The summed E-state index contributed by atoms with van der Waals surface area (Å²) < 4.78 is 2.12. The first kappa shape index (κ1) is 22.8. The number of carbonyl (C=O) groups excluding carboxylic acids is 1. The number of guanidine groups is 1. The minimum Gasteiger partial charge on any atom is -0.357 e. The van der Waals surface area contributed by atoms with E-state index in [4.69, 9.17) is 4.99 Å². The standard InChI is InChI=1S/C19H33N5O.HI/c1-6-20-18(24(5)14-16-10-9-13-23(16)4)21-15-19(11-7-8-12-19)17(25)22(2)3;/h9-10,13H,6-8,11-12,14-15H2,1-5H3,(H,20,21);1H. The SMILES string of the molecule is CCNC(=NCC1(C(=O)N(C)C)CCCC1)N(C)Cc1cccn1C.I. The molecule has 0 atom stereocenters. The number of aryl methyl sites for hydroxylation is 1. The average Bonchev–Trinajstić information content (AvgIpc) is 3.21. The Labute approximate surface area is 175 Å². The van der Waals surface area contributed by atoms with Crippen LogP contribution in [0.4, 0.5) is 0 Å². The Balaban J connectivity index is 0.00000338. The quantitative estimate of drug-likeness (QED) is 0.391. The number of halogens is 1. The largest absolute Gasteiger partial charge is 0.357 e. The molecule has 7 heteroatoms. The fraction of sp³-hybridized carbons (Fsp3) is 0.684. The van der Waals surface area contributed by atoms with Crippen LogP contribution in [0.2, 0.25) is 0 Å². The summed E-state index contributed by atoms with van der Waals surface area (Å²) in [6.45, 7) is 4.22. The van der Waals surface area contributed by atoms with Gasteiger partial charge < -0.3 is 19.7 Å². The molecule has 0 spiro atoms. The van der Waals surface area contributed by atoms with Gasteiger partial charge >= 0.3 is 0 Å². The van der Waals surface area contributed by atoms with E-state index in [1.54, 1.807) is 4.90 Å². The molecule has 0 bridgehead atoms. The summed E-state index contributed by atoms with van der Waals surface area (Å²) in [5.74, 6) is 1.08. The second kappa shape index (κ2) is 10.2. The molecule has 1 N–H and O–H groups in total. The van der Waals surface area contributed by atoms with E-state index in [0.29, 0.717) is 6.54 Å². The number of nitrogens with one attached hydrogen (secondary N) is 1. The van der Waals surface area contributed by atoms with Gasteiger partial charge in [-0.05, 0) is 31.9 Å². The fourth-order valence-corrected chi connectivity index (χ4v) is 3.64. The molecule has 0 saturated heterocycles. The van der Waals surface area contributed by atoms with Gasteiger partial charge in [-0.3, -0.25) is 9.79 Å². The second-order valence-corrected chi connectivity index (χ2v) is 7.32. The van der Waals surface area contributed by atoms with Gasteiger partial charge in [0.25, 0.3) is 0 Å². The highest BCUT2D eigenvalue weighted by molar-refractivity contribution is 14.0. The van der Waals surface area contributed by atoms with Crippen molar-refractivity contribution in [2.75, 3.05) is 34.2 Å². The topological polar surface area (TPSA) is 52.9 Å². The van der Waals surface area contributed by atoms with Crippen LogP contribution in [0.3, 0.4) is 0 Å². The van der Waals surface area contributed by atoms with Crippen molar-refractivity contribution in [3.63, 3.8) is 0 Å². The van der Waals surface area contributed by atoms with E-state index in [1.807, 2.05) is 21.1 Å². The molecule has 148 valence electrons. The number of rotatable bonds is 6. The zero-order valence-corrected chi connectivity index (χ0v) is 19.1. The summed E-state index contributed by atoms with van der Waals surface area (Å²) in [6.07, 6.45) is 6.16. The van der Waals surface area contributed by atoms with Crippen molar-refractivity contribution in [2.24, 2.45) is 17.5 Å². The Morgan fingerprint density at radius 2 is 1.96 bits per heavy atom. The molecule has 1 amide bonds. The number of hydrogen-bond acceptors (Lipinski definition) is 2. The molecule has 6 nitrogen and oxygen atoms in total. The van der Waals surface area contributed by atoms with Crippen molar-refractivity contribution < 1.29 is 4.79 Å². The van der Waals surface area contributed by atoms with Gasteiger partial charge in [0, 0.05) is 46.6 Å². The van der Waals surface area contributed by atoms with Gasteiger partial charge in [0.15, 0.2) is 5.96 Å². The molecule has 1 heterocycles. The molecular weight excluding hydrogens is 441 g/mol. The van der Waals surface area contributed by atoms with E-state index in [9.17, 15) is 4.79 Å². The van der Waals surface area contributed by atoms with Crippen LogP contribution < -0.4 is 5.32 Å². The van der Waals surface area contributed by atoms with Gasteiger partial charge in [-0.2, -0.15) is 0 Å². The van der Waals surface area contributed by atoms with E-state index < -0.39 is 0 Å². The van der Waals surface area contributed by atoms with Crippen molar-refractivity contribution in [3.05, 3.63) is 24.0 Å². The molecule has 1 fully saturated rings. The first-order chi connectivity index (χ1) is 11.9. The molecule has 2 rings (SSSR count). The van der Waals surface area contributed by atoms with Crippen LogP contribution in [-0.2, 0) is 18.4 Å². The van der Waals surface area contributed by atoms with E-state index in [0.717, 1.165) is 44.7 Å². The lowest BCUT2D eigenvalue weighted by Crippen LogP contribution is -2.43. The van der Waals surface area contributed by atoms with Crippen LogP contribution in [0.5, 0.6) is 0 Å². The Bertz CT molecular complexity index is 605. The first-order valence-electron chi connectivity index (χ1n) is 9.21. The van der Waals surface area contributed by atoms with Gasteiger partial charge in [-0.1, -0.05) is 12.8 Å². The predicted molar refractivity (Wildman–Crippen MR) is 118 cm³/mol. The van der Waals surface area contributed by atoms with Crippen LogP contribution in [0.15, 0.2) is 23.3 Å². The monoisotopic (exact) mass is 475 g/mol. The molecule has 0 unspecified atom stereocenters. The van der Waals surface area contributed by atoms with Crippen LogP contribution in [0.1, 0.15) is 38.3 Å². The molecule has 1 aromatic rings. The molecule has 1 saturated carbocycles. The maximum absolute atomic E-state index is 12.7. The first-order valence-corrected chi connectivity index (χ1v) is 9.21. The van der Waals surface area contributed by atoms with E-state index in [2.05, 4.69) is 47.1 Å². The summed E-state index contributed by atoms with van der Waals surface area (Å²) in [5.41, 5.74) is 0.906. The fourth-order valence-electron chi connectivity index (χ4n) is 3.64. The van der Waals surface area contributed by atoms with Crippen LogP contribution in [0, 0.1) is 5.41 Å². The minimum absolute atomic E-state index is 0. The molecule has 26 heavy (non-hydrogen) atoms. The van der Waals surface area contributed by atoms with E-state index in [1.165, 1.54) is 5.69 Å². The third-order valence-electron chi connectivity index (χ3n) is 5.10.